The van der Waals surface area contributed by atoms with Gasteiger partial charge in [-0.15, -0.1) is 6.58 Å². The topological polar surface area (TPSA) is 118 Å². The summed E-state index contributed by atoms with van der Waals surface area (Å²) in [6, 6.07) is 16.0. The van der Waals surface area contributed by atoms with E-state index in [1.54, 1.807) is 36.4 Å². The fraction of sp³-hybridized carbons (Fsp3) is 0.0667. The van der Waals surface area contributed by atoms with Crippen molar-refractivity contribution in [1.29, 1.82) is 0 Å². The van der Waals surface area contributed by atoms with Gasteiger partial charge in [0.05, 0.1) is 0 Å². The van der Waals surface area contributed by atoms with Gasteiger partial charge in [0, 0.05) is 0 Å². The number of hydrogen-bond donors (Lipinski definition) is 5. The predicted octanol–water partition coefficient (Wildman–Crippen LogP) is 2.58. The predicted molar refractivity (Wildman–Crippen MR) is 84.4 cm³/mol. The first-order valence-electron chi connectivity index (χ1n) is 6.14. The van der Waals surface area contributed by atoms with Crippen molar-refractivity contribution in [2.75, 3.05) is 0 Å². The molecule has 0 saturated heterocycles. The normalized spacial score (nSPS) is 9.59. The van der Waals surface area contributed by atoms with Crippen LogP contribution in [0.4, 0.5) is 0 Å². The highest BCUT2D eigenvalue weighted by Gasteiger charge is 2.00. The third-order valence-corrected chi connectivity index (χ3v) is 2.11. The molecule has 0 unspecified atom stereocenters. The van der Waals surface area contributed by atoms with Crippen molar-refractivity contribution in [3.63, 3.8) is 0 Å². The van der Waals surface area contributed by atoms with Crippen LogP contribution >= 0.6 is 7.82 Å². The van der Waals surface area contributed by atoms with E-state index in [-0.39, 0.29) is 0 Å². The van der Waals surface area contributed by atoms with Crippen LogP contribution in [0.5, 0.6) is 11.5 Å². The Bertz CT molecular complexity index is 586. The van der Waals surface area contributed by atoms with Gasteiger partial charge in [-0.1, -0.05) is 42.5 Å². The van der Waals surface area contributed by atoms with Crippen LogP contribution in [0.25, 0.3) is 0 Å². The molecule has 7 heteroatoms. The molecule has 0 aliphatic heterocycles. The van der Waals surface area contributed by atoms with Crippen LogP contribution < -0.4 is 0 Å². The Hall–Kier alpha value is -2.11. The van der Waals surface area contributed by atoms with Crippen molar-refractivity contribution in [2.24, 2.45) is 0 Å². The Morgan fingerprint density at radius 1 is 0.909 bits per heavy atom. The van der Waals surface area contributed by atoms with Crippen LogP contribution in [0.1, 0.15) is 5.56 Å². The zero-order chi connectivity index (χ0) is 17.0. The number of phosphoric acid groups is 1. The number of aromatic hydroxyl groups is 2. The van der Waals surface area contributed by atoms with Gasteiger partial charge in [-0.25, -0.2) is 4.57 Å². The second-order valence-corrected chi connectivity index (χ2v) is 5.00. The van der Waals surface area contributed by atoms with Crippen LogP contribution in [0, 0.1) is 0 Å². The van der Waals surface area contributed by atoms with E-state index in [1.165, 1.54) is 0 Å². The molecule has 6 nitrogen and oxygen atoms in total. The summed E-state index contributed by atoms with van der Waals surface area (Å²) in [7, 11) is -4.64. The highest BCUT2D eigenvalue weighted by molar-refractivity contribution is 7.45. The Morgan fingerprint density at radius 2 is 1.36 bits per heavy atom. The van der Waals surface area contributed by atoms with Crippen LogP contribution in [0.15, 0.2) is 67.3 Å². The molecule has 0 aliphatic carbocycles. The average molecular weight is 326 g/mol. The first-order valence-corrected chi connectivity index (χ1v) is 7.70. The quantitative estimate of drug-likeness (QED) is 0.427. The van der Waals surface area contributed by atoms with Crippen molar-refractivity contribution in [3.05, 3.63) is 72.8 Å². The highest BCUT2D eigenvalue weighted by atomic mass is 31.2. The molecule has 0 fully saturated rings. The first-order chi connectivity index (χ1) is 10.2. The van der Waals surface area contributed by atoms with Gasteiger partial charge in [-0.05, 0) is 30.2 Å². The lowest BCUT2D eigenvalue weighted by Gasteiger charge is -1.97. The molecule has 0 heterocycles. The summed E-state index contributed by atoms with van der Waals surface area (Å²) in [5, 5.41) is 17.8. The zero-order valence-corrected chi connectivity index (χ0v) is 12.7. The second kappa shape index (κ2) is 10.6. The van der Waals surface area contributed by atoms with Crippen LogP contribution in [-0.4, -0.2) is 24.9 Å². The van der Waals surface area contributed by atoms with Crippen molar-refractivity contribution >= 4 is 7.82 Å². The summed E-state index contributed by atoms with van der Waals surface area (Å²) >= 11 is 0. The van der Waals surface area contributed by atoms with E-state index in [2.05, 4.69) is 6.58 Å². The molecule has 0 saturated carbocycles. The van der Waals surface area contributed by atoms with Crippen molar-refractivity contribution in [3.8, 4) is 11.5 Å². The molecular formula is C15H19O6P. The number of hydrogen-bond acceptors (Lipinski definition) is 3. The molecule has 0 aliphatic rings. The number of para-hydroxylation sites is 2. The zero-order valence-electron chi connectivity index (χ0n) is 11.8. The minimum atomic E-state index is -4.64. The molecule has 2 aromatic rings. The minimum absolute atomic E-state index is 0.322. The van der Waals surface area contributed by atoms with Crippen LogP contribution in [0.3, 0.4) is 0 Å². The molecular weight excluding hydrogens is 307 g/mol. The van der Waals surface area contributed by atoms with E-state index in [4.69, 9.17) is 24.4 Å². The molecule has 0 aromatic heterocycles. The van der Waals surface area contributed by atoms with Crippen LogP contribution in [0.2, 0.25) is 0 Å². The summed E-state index contributed by atoms with van der Waals surface area (Å²) in [4.78, 5) is 21.6. The lowest BCUT2D eigenvalue weighted by atomic mass is 10.1. The molecule has 22 heavy (non-hydrogen) atoms. The maximum atomic E-state index is 9.19. The van der Waals surface area contributed by atoms with E-state index < -0.39 is 7.82 Å². The van der Waals surface area contributed by atoms with Gasteiger partial charge in [0.2, 0.25) is 0 Å². The molecule has 0 spiro atoms. The lowest BCUT2D eigenvalue weighted by molar-refractivity contribution is 0.275. The second-order valence-electron chi connectivity index (χ2n) is 3.97. The van der Waals surface area contributed by atoms with Crippen LogP contribution in [-0.2, 0) is 11.0 Å². The fourth-order valence-corrected chi connectivity index (χ4v) is 1.27. The lowest BCUT2D eigenvalue weighted by Crippen LogP contribution is -1.79. The molecule has 2 rings (SSSR count). The van der Waals surface area contributed by atoms with Crippen molar-refractivity contribution < 1.29 is 29.5 Å². The first kappa shape index (κ1) is 19.9. The minimum Gasteiger partial charge on any atom is -0.508 e. The molecule has 0 amide bonds. The van der Waals surface area contributed by atoms with E-state index in [9.17, 15) is 5.11 Å². The van der Waals surface area contributed by atoms with E-state index in [0.717, 1.165) is 12.0 Å². The molecule has 0 atom stereocenters. The molecule has 0 bridgehead atoms. The third kappa shape index (κ3) is 12.9. The van der Waals surface area contributed by atoms with Gasteiger partial charge in [-0.2, -0.15) is 0 Å². The standard InChI is InChI=1S/C9H10O.C6H6O.H3O4P/c1-2-5-8-6-3-4-7-9(8)10;7-6-4-2-1-3-5-6;1-5(2,3)4/h2-4,6-7,10H,1,5H2;1-5,7H;(H3,1,2,3,4). The van der Waals surface area contributed by atoms with E-state index in [1.807, 2.05) is 24.3 Å². The molecule has 120 valence electrons. The number of benzene rings is 2. The summed E-state index contributed by atoms with van der Waals surface area (Å²) in [6.45, 7) is 3.59. The third-order valence-electron chi connectivity index (χ3n) is 2.11. The number of rotatable bonds is 2. The molecule has 2 aromatic carbocycles. The van der Waals surface area contributed by atoms with Gasteiger partial charge in [0.1, 0.15) is 11.5 Å². The van der Waals surface area contributed by atoms with E-state index in [0.29, 0.717) is 11.5 Å². The summed E-state index contributed by atoms with van der Waals surface area (Å²) in [5.41, 5.74) is 0.928. The average Bonchev–Trinajstić information content (AvgIpc) is 2.41. The Kier molecular flexibility index (Phi) is 9.58. The maximum Gasteiger partial charge on any atom is 0.466 e. The van der Waals surface area contributed by atoms with Crippen molar-refractivity contribution in [2.45, 2.75) is 6.42 Å². The monoisotopic (exact) mass is 326 g/mol. The van der Waals surface area contributed by atoms with Gasteiger partial charge in [0.15, 0.2) is 0 Å². The number of allylic oxidation sites excluding steroid dienone is 1. The summed E-state index contributed by atoms with van der Waals surface area (Å²) < 4.78 is 8.88. The fourth-order valence-electron chi connectivity index (χ4n) is 1.27. The number of phenolic OH excluding ortho intramolecular Hbond substituents is 2. The van der Waals surface area contributed by atoms with E-state index >= 15 is 0 Å². The smallest absolute Gasteiger partial charge is 0.466 e. The summed E-state index contributed by atoms with van der Waals surface area (Å²) in [6.07, 6.45) is 2.50. The number of phenols is 2. The van der Waals surface area contributed by atoms with Crippen molar-refractivity contribution in [1.82, 2.24) is 0 Å². The summed E-state index contributed by atoms with van der Waals surface area (Å²) in [5.74, 6) is 0.671. The SMILES string of the molecule is C=CCc1ccccc1O.O=P(O)(O)O.Oc1ccccc1. The Morgan fingerprint density at radius 3 is 1.73 bits per heavy atom. The Balaban J connectivity index is 0.000000322. The van der Waals surface area contributed by atoms with Gasteiger partial charge in [0.25, 0.3) is 0 Å². The van der Waals surface area contributed by atoms with Gasteiger partial charge < -0.3 is 24.9 Å². The van der Waals surface area contributed by atoms with Gasteiger partial charge in [-0.3, -0.25) is 0 Å². The highest BCUT2D eigenvalue weighted by Crippen LogP contribution is 2.25. The maximum absolute atomic E-state index is 9.19. The molecule has 5 N–H and O–H groups in total. The Labute approximate surface area is 128 Å². The largest absolute Gasteiger partial charge is 0.508 e. The molecule has 0 radical (unpaired) electrons. The van der Waals surface area contributed by atoms with Gasteiger partial charge >= 0.3 is 7.82 Å².